The molecule has 1 aliphatic carbocycles. The van der Waals surface area contributed by atoms with Crippen molar-refractivity contribution < 1.29 is 24.1 Å². The quantitative estimate of drug-likeness (QED) is 0.197. The third kappa shape index (κ3) is 7.16. The van der Waals surface area contributed by atoms with Gasteiger partial charge in [0.15, 0.2) is 0 Å². The van der Waals surface area contributed by atoms with Crippen LogP contribution in [0.4, 0.5) is 0 Å². The van der Waals surface area contributed by atoms with E-state index in [-0.39, 0.29) is 24.0 Å². The number of rotatable bonds is 12. The number of carboxylic acid groups (broad SMARTS) is 1. The van der Waals surface area contributed by atoms with Crippen molar-refractivity contribution in [2.24, 2.45) is 5.92 Å². The minimum atomic E-state index is -1.06. The number of pyridine rings is 1. The maximum Gasteiger partial charge on any atom is 0.339 e. The van der Waals surface area contributed by atoms with Crippen LogP contribution >= 0.6 is 11.6 Å². The van der Waals surface area contributed by atoms with Gasteiger partial charge in [0.1, 0.15) is 29.8 Å². The lowest BCUT2D eigenvalue weighted by atomic mass is 10.1. The fourth-order valence-corrected chi connectivity index (χ4v) is 4.41. The van der Waals surface area contributed by atoms with Crippen molar-refractivity contribution in [1.82, 2.24) is 4.98 Å². The van der Waals surface area contributed by atoms with Gasteiger partial charge in [-0.05, 0) is 85.4 Å². The lowest BCUT2D eigenvalue weighted by Gasteiger charge is -2.20. The second-order valence-electron chi connectivity index (χ2n) is 9.55. The number of aromatic carboxylic acids is 1. The second kappa shape index (κ2) is 12.3. The molecule has 0 spiro atoms. The largest absolute Gasteiger partial charge is 0.493 e. The van der Waals surface area contributed by atoms with Crippen molar-refractivity contribution in [2.75, 3.05) is 19.8 Å². The molecule has 1 unspecified atom stereocenters. The number of hydrogen-bond acceptors (Lipinski definition) is 5. The van der Waals surface area contributed by atoms with Gasteiger partial charge in [-0.2, -0.15) is 0 Å². The van der Waals surface area contributed by atoms with E-state index in [9.17, 15) is 9.90 Å². The molecule has 1 aromatic heterocycles. The van der Waals surface area contributed by atoms with Crippen molar-refractivity contribution in [3.05, 3.63) is 100 Å². The summed E-state index contributed by atoms with van der Waals surface area (Å²) in [6, 6.07) is 22.5. The fourth-order valence-electron chi connectivity index (χ4n) is 4.24. The highest BCUT2D eigenvalue weighted by atomic mass is 35.5. The highest BCUT2D eigenvalue weighted by molar-refractivity contribution is 6.31. The average Bonchev–Trinajstić information content (AvgIpc) is 3.78. The molecule has 6 nitrogen and oxygen atoms in total. The van der Waals surface area contributed by atoms with Crippen LogP contribution in [0.15, 0.2) is 72.8 Å². The predicted octanol–water partition coefficient (Wildman–Crippen LogP) is 7.70. The number of benzene rings is 3. The standard InChI is InChI=1S/C32H30ClNO5/c1-2-37-31(20-39-30-15-14-27(18-28(30)32(35)36)38-19-22-6-7-22)24-5-3-4-21(16-24)8-12-26-13-10-23-9-11-25(33)17-29(23)34-26/h3-5,8-18,22,31H,2,6-7,19-20H2,1H3,(H,35,36)/b12-8+. The first-order valence-corrected chi connectivity index (χ1v) is 13.4. The third-order valence-electron chi connectivity index (χ3n) is 6.53. The smallest absolute Gasteiger partial charge is 0.339 e. The number of carbonyl (C=O) groups is 1. The zero-order valence-corrected chi connectivity index (χ0v) is 22.4. The van der Waals surface area contributed by atoms with E-state index in [0.29, 0.717) is 29.9 Å². The van der Waals surface area contributed by atoms with Crippen LogP contribution in [-0.4, -0.2) is 35.9 Å². The van der Waals surface area contributed by atoms with Gasteiger partial charge in [0, 0.05) is 17.0 Å². The first kappa shape index (κ1) is 26.7. The van der Waals surface area contributed by atoms with Gasteiger partial charge in [-0.25, -0.2) is 9.78 Å². The van der Waals surface area contributed by atoms with E-state index >= 15 is 0 Å². The lowest BCUT2D eigenvalue weighted by Crippen LogP contribution is -2.15. The summed E-state index contributed by atoms with van der Waals surface area (Å²) in [5.74, 6) is 0.335. The van der Waals surface area contributed by atoms with Crippen LogP contribution in [0.25, 0.3) is 23.1 Å². The Morgan fingerprint density at radius 1 is 1.05 bits per heavy atom. The Kier molecular flexibility index (Phi) is 8.45. The zero-order chi connectivity index (χ0) is 27.2. The van der Waals surface area contributed by atoms with Crippen molar-refractivity contribution >= 4 is 40.6 Å². The van der Waals surface area contributed by atoms with E-state index in [1.807, 2.05) is 73.7 Å². The molecule has 7 heteroatoms. The SMILES string of the molecule is CCOC(COc1ccc(OCC2CC2)cc1C(=O)O)c1cccc(/C=C/c2ccc3ccc(Cl)cc3n2)c1. The van der Waals surface area contributed by atoms with Gasteiger partial charge < -0.3 is 19.3 Å². The maximum absolute atomic E-state index is 11.9. The number of halogens is 1. The summed E-state index contributed by atoms with van der Waals surface area (Å²) in [7, 11) is 0. The lowest BCUT2D eigenvalue weighted by molar-refractivity contribution is 0.0260. The Hall–Kier alpha value is -3.87. The molecule has 1 aliphatic rings. The molecule has 1 saturated carbocycles. The van der Waals surface area contributed by atoms with Crippen molar-refractivity contribution in [3.8, 4) is 11.5 Å². The van der Waals surface area contributed by atoms with Gasteiger partial charge in [0.25, 0.3) is 0 Å². The van der Waals surface area contributed by atoms with Gasteiger partial charge in [0.2, 0.25) is 0 Å². The molecule has 0 bridgehead atoms. The molecule has 5 rings (SSSR count). The summed E-state index contributed by atoms with van der Waals surface area (Å²) in [5, 5.41) is 11.4. The normalized spacial score (nSPS) is 14.0. The molecule has 0 amide bonds. The van der Waals surface area contributed by atoms with Crippen LogP contribution < -0.4 is 9.47 Å². The molecule has 4 aromatic rings. The van der Waals surface area contributed by atoms with Gasteiger partial charge >= 0.3 is 5.97 Å². The molecule has 3 aromatic carbocycles. The second-order valence-corrected chi connectivity index (χ2v) is 9.99. The number of aromatic nitrogens is 1. The Morgan fingerprint density at radius 3 is 2.69 bits per heavy atom. The number of ether oxygens (including phenoxy) is 3. The third-order valence-corrected chi connectivity index (χ3v) is 6.76. The number of nitrogens with zero attached hydrogens (tertiary/aromatic N) is 1. The van der Waals surface area contributed by atoms with Crippen LogP contribution in [0.5, 0.6) is 11.5 Å². The first-order chi connectivity index (χ1) is 19.0. The summed E-state index contributed by atoms with van der Waals surface area (Å²) < 4.78 is 17.7. The van der Waals surface area contributed by atoms with Crippen molar-refractivity contribution in [1.29, 1.82) is 0 Å². The van der Waals surface area contributed by atoms with Gasteiger partial charge in [-0.3, -0.25) is 0 Å². The van der Waals surface area contributed by atoms with Crippen molar-refractivity contribution in [3.63, 3.8) is 0 Å². The van der Waals surface area contributed by atoms with Crippen molar-refractivity contribution in [2.45, 2.75) is 25.9 Å². The van der Waals surface area contributed by atoms with Crippen LogP contribution in [-0.2, 0) is 4.74 Å². The van der Waals surface area contributed by atoms with Crippen LogP contribution in [0.3, 0.4) is 0 Å². The van der Waals surface area contributed by atoms with Crippen LogP contribution in [0.2, 0.25) is 5.02 Å². The molecular formula is C32H30ClNO5. The van der Waals surface area contributed by atoms with E-state index in [1.54, 1.807) is 12.1 Å². The van der Waals surface area contributed by atoms with Gasteiger partial charge in [0.05, 0.1) is 17.8 Å². The van der Waals surface area contributed by atoms with Crippen LogP contribution in [0, 0.1) is 5.92 Å². The Balaban J connectivity index is 1.29. The molecule has 1 N–H and O–H groups in total. The van der Waals surface area contributed by atoms with Gasteiger partial charge in [-0.1, -0.05) is 48.0 Å². The minimum Gasteiger partial charge on any atom is -0.493 e. The Bertz CT molecular complexity index is 1500. The zero-order valence-electron chi connectivity index (χ0n) is 21.7. The molecule has 200 valence electrons. The summed E-state index contributed by atoms with van der Waals surface area (Å²) in [6.07, 6.45) is 5.90. The van der Waals surface area contributed by atoms with E-state index in [2.05, 4.69) is 4.98 Å². The first-order valence-electron chi connectivity index (χ1n) is 13.1. The van der Waals surface area contributed by atoms with E-state index in [4.69, 9.17) is 25.8 Å². The summed E-state index contributed by atoms with van der Waals surface area (Å²) in [5.41, 5.74) is 3.65. The molecule has 39 heavy (non-hydrogen) atoms. The summed E-state index contributed by atoms with van der Waals surface area (Å²) >= 11 is 6.12. The number of fused-ring (bicyclic) bond motifs is 1. The highest BCUT2D eigenvalue weighted by Gasteiger charge is 2.23. The fraction of sp³-hybridized carbons (Fsp3) is 0.250. The monoisotopic (exact) mass is 543 g/mol. The molecule has 0 saturated heterocycles. The molecular weight excluding hydrogens is 514 g/mol. The molecule has 0 radical (unpaired) electrons. The Morgan fingerprint density at radius 2 is 1.90 bits per heavy atom. The minimum absolute atomic E-state index is 0.0689. The van der Waals surface area contributed by atoms with Crippen LogP contribution in [0.1, 0.15) is 53.0 Å². The number of hydrogen-bond donors (Lipinski definition) is 1. The average molecular weight is 544 g/mol. The predicted molar refractivity (Wildman–Crippen MR) is 154 cm³/mol. The Labute approximate surface area is 232 Å². The van der Waals surface area contributed by atoms with E-state index in [0.717, 1.165) is 27.7 Å². The van der Waals surface area contributed by atoms with Gasteiger partial charge in [-0.15, -0.1) is 0 Å². The topological polar surface area (TPSA) is 77.9 Å². The van der Waals surface area contributed by atoms with E-state index < -0.39 is 5.97 Å². The van der Waals surface area contributed by atoms with E-state index in [1.165, 1.54) is 18.9 Å². The molecule has 1 atom stereocenters. The molecule has 0 aliphatic heterocycles. The molecule has 1 heterocycles. The molecule has 1 fully saturated rings. The summed E-state index contributed by atoms with van der Waals surface area (Å²) in [4.78, 5) is 16.6. The number of carboxylic acids is 1. The summed E-state index contributed by atoms with van der Waals surface area (Å²) in [6.45, 7) is 3.18. The highest BCUT2D eigenvalue weighted by Crippen LogP contribution is 2.31. The maximum atomic E-state index is 11.9.